The number of methoxy groups -OCH3 is 4. The molecule has 0 aromatic heterocycles. The number of rotatable bonds is 35. The third-order valence-electron chi connectivity index (χ3n) is 9.23. The van der Waals surface area contributed by atoms with Crippen LogP contribution in [0, 0.1) is 0 Å². The third kappa shape index (κ3) is 26.0. The summed E-state index contributed by atoms with van der Waals surface area (Å²) >= 11 is 0. The summed E-state index contributed by atoms with van der Waals surface area (Å²) in [5.41, 5.74) is 1.73. The summed E-state index contributed by atoms with van der Waals surface area (Å²) in [6.45, 7) is 4.94. The highest BCUT2D eigenvalue weighted by atomic mass is 16.5. The van der Waals surface area contributed by atoms with Crippen molar-refractivity contribution in [3.05, 3.63) is 23.8 Å². The van der Waals surface area contributed by atoms with Gasteiger partial charge < -0.3 is 50.8 Å². The van der Waals surface area contributed by atoms with Crippen LogP contribution in [-0.4, -0.2) is 115 Å². The summed E-state index contributed by atoms with van der Waals surface area (Å²) in [4.78, 5) is 77.2. The van der Waals surface area contributed by atoms with Crippen LogP contribution in [0.4, 0.5) is 11.4 Å². The van der Waals surface area contributed by atoms with Crippen LogP contribution >= 0.6 is 0 Å². The predicted molar refractivity (Wildman–Crippen MR) is 224 cm³/mol. The van der Waals surface area contributed by atoms with Crippen molar-refractivity contribution in [3.8, 4) is 0 Å². The summed E-state index contributed by atoms with van der Waals surface area (Å²) in [6, 6.07) is 3.61. The lowest BCUT2D eigenvalue weighted by Crippen LogP contribution is -2.44. The number of aryl methyl sites for hydroxylation is 1. The first-order valence-electron chi connectivity index (χ1n) is 20.9. The van der Waals surface area contributed by atoms with Crippen LogP contribution in [0.2, 0.25) is 0 Å². The van der Waals surface area contributed by atoms with Crippen molar-refractivity contribution in [2.75, 3.05) is 78.6 Å². The number of ether oxygens (including phenoxy) is 4. The second kappa shape index (κ2) is 33.8. The van der Waals surface area contributed by atoms with E-state index in [0.717, 1.165) is 31.2 Å². The quantitative estimate of drug-likeness (QED) is 0.0539. The van der Waals surface area contributed by atoms with E-state index >= 15 is 0 Å². The van der Waals surface area contributed by atoms with Crippen LogP contribution in [0.15, 0.2) is 18.2 Å². The van der Waals surface area contributed by atoms with E-state index in [1.54, 1.807) is 34.5 Å². The number of carbonyl (C=O) groups is 6. The highest BCUT2D eigenvalue weighted by molar-refractivity contribution is 6.00. The Balaban J connectivity index is 2.98. The molecule has 0 saturated carbocycles. The first-order chi connectivity index (χ1) is 28.1. The SMILES string of the molecule is CCc1cc(NC(=O)C(CCCCNC(=O)CCCCOC)NC(=O)CCCOC)cc(NC(=O)C(CCCCNC(=O)CCCCOC)NC(=O)CCCOC)c1. The monoisotopic (exact) mass is 821 g/mol. The molecule has 16 nitrogen and oxygen atoms in total. The van der Waals surface area contributed by atoms with Gasteiger partial charge in [-0.15, -0.1) is 0 Å². The van der Waals surface area contributed by atoms with Gasteiger partial charge in [-0.05, 0) is 107 Å². The normalized spacial score (nSPS) is 11.9. The molecule has 0 bridgehead atoms. The number of anilines is 2. The van der Waals surface area contributed by atoms with Gasteiger partial charge in [0.05, 0.1) is 0 Å². The molecule has 0 aliphatic carbocycles. The third-order valence-corrected chi connectivity index (χ3v) is 9.23. The molecule has 0 spiro atoms. The van der Waals surface area contributed by atoms with Crippen molar-refractivity contribution in [1.29, 1.82) is 0 Å². The average Bonchev–Trinajstić information content (AvgIpc) is 3.20. The van der Waals surface area contributed by atoms with Gasteiger partial charge in [-0.3, -0.25) is 28.8 Å². The van der Waals surface area contributed by atoms with Gasteiger partial charge in [-0.25, -0.2) is 0 Å². The Labute approximate surface area is 345 Å². The number of carbonyl (C=O) groups excluding carboxylic acids is 6. The van der Waals surface area contributed by atoms with E-state index < -0.39 is 23.9 Å². The van der Waals surface area contributed by atoms with Crippen LogP contribution in [0.3, 0.4) is 0 Å². The molecule has 0 saturated heterocycles. The lowest BCUT2D eigenvalue weighted by molar-refractivity contribution is -0.126. The minimum atomic E-state index is -0.832. The Bertz CT molecular complexity index is 1250. The fourth-order valence-corrected chi connectivity index (χ4v) is 5.97. The lowest BCUT2D eigenvalue weighted by atomic mass is 10.1. The van der Waals surface area contributed by atoms with Gasteiger partial charge in [0.15, 0.2) is 0 Å². The number of hydrogen-bond acceptors (Lipinski definition) is 10. The maximum Gasteiger partial charge on any atom is 0.246 e. The summed E-state index contributed by atoms with van der Waals surface area (Å²) < 4.78 is 20.2. The zero-order valence-corrected chi connectivity index (χ0v) is 35.7. The van der Waals surface area contributed by atoms with Gasteiger partial charge in [0.25, 0.3) is 0 Å². The molecule has 0 heterocycles. The molecule has 6 amide bonds. The summed E-state index contributed by atoms with van der Waals surface area (Å²) in [5.74, 6) is -1.42. The van der Waals surface area contributed by atoms with Crippen LogP contribution in [0.25, 0.3) is 0 Å². The number of benzene rings is 1. The highest BCUT2D eigenvalue weighted by Gasteiger charge is 2.23. The molecule has 2 unspecified atom stereocenters. The molecule has 16 heteroatoms. The van der Waals surface area contributed by atoms with Crippen molar-refractivity contribution in [3.63, 3.8) is 0 Å². The van der Waals surface area contributed by atoms with Crippen molar-refractivity contribution in [2.24, 2.45) is 0 Å². The predicted octanol–water partition coefficient (Wildman–Crippen LogP) is 4.16. The van der Waals surface area contributed by atoms with Gasteiger partial charge in [0.1, 0.15) is 12.1 Å². The van der Waals surface area contributed by atoms with Crippen molar-refractivity contribution in [2.45, 2.75) is 128 Å². The Kier molecular flexibility index (Phi) is 30.3. The molecular formula is C42H72N6O10. The van der Waals surface area contributed by atoms with E-state index in [1.807, 2.05) is 19.1 Å². The first kappa shape index (κ1) is 51.9. The van der Waals surface area contributed by atoms with E-state index in [4.69, 9.17) is 18.9 Å². The summed E-state index contributed by atoms with van der Waals surface area (Å²) in [6.07, 6.45) is 9.12. The summed E-state index contributed by atoms with van der Waals surface area (Å²) in [5, 5.41) is 17.4. The molecule has 1 aromatic carbocycles. The van der Waals surface area contributed by atoms with Crippen LogP contribution in [0.5, 0.6) is 0 Å². The maximum absolute atomic E-state index is 13.7. The minimum Gasteiger partial charge on any atom is -0.385 e. The zero-order valence-electron chi connectivity index (χ0n) is 35.7. The molecule has 1 aromatic rings. The standard InChI is InChI=1S/C42H72N6O10/c1-6-32-29-33(45-41(53)35(47-39(51)21-15-27-57-4)17-7-11-23-43-37(49)19-9-13-25-55-2)31-34(30-32)46-42(54)36(48-40(52)22-16-28-58-5)18-8-12-24-44-38(50)20-10-14-26-56-3/h29-31,35-36H,6-28H2,1-5H3,(H,43,49)(H,44,50)(H,45,53)(H,46,54)(H,47,51)(H,48,52). The Morgan fingerprint density at radius 2 is 0.862 bits per heavy atom. The van der Waals surface area contributed by atoms with Crippen LogP contribution < -0.4 is 31.9 Å². The molecule has 0 radical (unpaired) electrons. The second-order valence-electron chi connectivity index (χ2n) is 14.3. The minimum absolute atomic E-state index is 0.0306. The highest BCUT2D eigenvalue weighted by Crippen LogP contribution is 2.21. The van der Waals surface area contributed by atoms with Gasteiger partial charge in [0, 0.05) is 105 Å². The van der Waals surface area contributed by atoms with Crippen LogP contribution in [0.1, 0.15) is 115 Å². The molecule has 0 aliphatic rings. The van der Waals surface area contributed by atoms with Crippen LogP contribution in [-0.2, 0) is 54.1 Å². The van der Waals surface area contributed by atoms with Gasteiger partial charge in [-0.1, -0.05) is 6.92 Å². The fraction of sp³-hybridized carbons (Fsp3) is 0.714. The topological polar surface area (TPSA) is 212 Å². The van der Waals surface area contributed by atoms with Gasteiger partial charge >= 0.3 is 0 Å². The van der Waals surface area contributed by atoms with E-state index in [2.05, 4.69) is 31.9 Å². The molecule has 1 rings (SSSR count). The number of unbranched alkanes of at least 4 members (excludes halogenated alkanes) is 4. The van der Waals surface area contributed by atoms with Crippen molar-refractivity contribution in [1.82, 2.24) is 21.3 Å². The molecule has 330 valence electrons. The number of nitrogens with one attached hydrogen (secondary N) is 6. The Morgan fingerprint density at radius 3 is 1.24 bits per heavy atom. The lowest BCUT2D eigenvalue weighted by Gasteiger charge is -2.21. The van der Waals surface area contributed by atoms with E-state index in [1.165, 1.54) is 0 Å². The Hall–Kier alpha value is -4.12. The molecule has 6 N–H and O–H groups in total. The maximum atomic E-state index is 13.7. The van der Waals surface area contributed by atoms with E-state index in [-0.39, 0.29) is 36.5 Å². The van der Waals surface area contributed by atoms with Gasteiger partial charge in [-0.2, -0.15) is 0 Å². The largest absolute Gasteiger partial charge is 0.385 e. The second-order valence-corrected chi connectivity index (χ2v) is 14.3. The zero-order chi connectivity index (χ0) is 42.8. The fourth-order valence-electron chi connectivity index (χ4n) is 5.97. The number of amides is 6. The van der Waals surface area contributed by atoms with Crippen molar-refractivity contribution >= 4 is 46.8 Å². The molecular weight excluding hydrogens is 748 g/mol. The summed E-state index contributed by atoms with van der Waals surface area (Å²) in [7, 11) is 6.38. The van der Waals surface area contributed by atoms with E-state index in [9.17, 15) is 28.8 Å². The molecule has 0 fully saturated rings. The van der Waals surface area contributed by atoms with Gasteiger partial charge in [0.2, 0.25) is 35.4 Å². The Morgan fingerprint density at radius 1 is 0.483 bits per heavy atom. The number of hydrogen-bond donors (Lipinski definition) is 6. The van der Waals surface area contributed by atoms with Crippen molar-refractivity contribution < 1.29 is 47.7 Å². The molecule has 2 atom stereocenters. The van der Waals surface area contributed by atoms with E-state index in [0.29, 0.717) is 122 Å². The first-order valence-corrected chi connectivity index (χ1v) is 20.9. The molecule has 0 aliphatic heterocycles. The molecule has 58 heavy (non-hydrogen) atoms. The average molecular weight is 821 g/mol. The smallest absolute Gasteiger partial charge is 0.246 e.